The van der Waals surface area contributed by atoms with Gasteiger partial charge in [0.2, 0.25) is 0 Å². The number of nitrogens with zero attached hydrogens (tertiary/aromatic N) is 7. The number of nitriles is 5. The van der Waals surface area contributed by atoms with Gasteiger partial charge in [0.25, 0.3) is 0 Å². The number of para-hydroxylation sites is 2. The molecule has 7 nitrogen and oxygen atoms in total. The monoisotopic (exact) mass is 829 g/mol. The minimum atomic E-state index is -4.99. The van der Waals surface area contributed by atoms with Crippen LogP contribution in [0.5, 0.6) is 0 Å². The highest BCUT2D eigenvalue weighted by Gasteiger charge is 2.40. The highest BCUT2D eigenvalue weighted by atomic mass is 19.4. The van der Waals surface area contributed by atoms with Crippen LogP contribution >= 0.6 is 0 Å². The number of hydrogen-bond acceptors (Lipinski definition) is 5. The molecule has 0 saturated heterocycles. The van der Waals surface area contributed by atoms with Gasteiger partial charge >= 0.3 is 6.18 Å². The van der Waals surface area contributed by atoms with E-state index in [9.17, 15) is 26.3 Å². The Hall–Kier alpha value is -9.40. The molecular formula is C54H26F3N7. The number of benzene rings is 8. The molecule has 10 heteroatoms. The molecule has 298 valence electrons. The Morgan fingerprint density at radius 1 is 0.375 bits per heavy atom. The van der Waals surface area contributed by atoms with Crippen LogP contribution in [0.4, 0.5) is 13.2 Å². The third kappa shape index (κ3) is 6.09. The van der Waals surface area contributed by atoms with Gasteiger partial charge in [-0.2, -0.15) is 39.5 Å². The average Bonchev–Trinajstić information content (AvgIpc) is 3.84. The fourth-order valence-electron chi connectivity index (χ4n) is 8.96. The minimum Gasteiger partial charge on any atom is -0.309 e. The maximum Gasteiger partial charge on any atom is 0.420 e. The van der Waals surface area contributed by atoms with Crippen molar-refractivity contribution < 1.29 is 13.2 Å². The van der Waals surface area contributed by atoms with Crippen LogP contribution in [0.25, 0.3) is 88.4 Å². The molecule has 0 fully saturated rings. The first-order valence-electron chi connectivity index (χ1n) is 19.9. The van der Waals surface area contributed by atoms with Crippen LogP contribution in [0.15, 0.2) is 158 Å². The largest absolute Gasteiger partial charge is 0.420 e. The summed E-state index contributed by atoms with van der Waals surface area (Å²) in [7, 11) is 0. The molecule has 0 saturated carbocycles. The van der Waals surface area contributed by atoms with Gasteiger partial charge in [0, 0.05) is 27.1 Å². The van der Waals surface area contributed by atoms with Gasteiger partial charge in [0.1, 0.15) is 5.56 Å². The number of halogens is 3. The van der Waals surface area contributed by atoms with E-state index in [4.69, 9.17) is 0 Å². The zero-order valence-corrected chi connectivity index (χ0v) is 33.3. The molecule has 0 spiro atoms. The Kier molecular flexibility index (Phi) is 9.06. The Bertz CT molecular complexity index is 3850. The predicted octanol–water partition coefficient (Wildman–Crippen LogP) is 13.3. The lowest BCUT2D eigenvalue weighted by Gasteiger charge is -2.24. The SMILES string of the molecule is N#Cc1cccc(-c2ccc(-n3c4ccccc4c4ccc(-c5ccc(C#N)cc5C#N)cc43)c(C(F)(F)F)c2-n2c3ccccc3c3ccc(-c4ccc(C#N)cc4C#N)cc32)c1. The summed E-state index contributed by atoms with van der Waals surface area (Å²) in [6.07, 6.45) is -4.99. The third-order valence-electron chi connectivity index (χ3n) is 11.7. The molecular weight excluding hydrogens is 804 g/mol. The lowest BCUT2D eigenvalue weighted by atomic mass is 9.95. The Morgan fingerprint density at radius 2 is 0.844 bits per heavy atom. The first-order chi connectivity index (χ1) is 31.1. The normalized spacial score (nSPS) is 11.3. The third-order valence-corrected chi connectivity index (χ3v) is 11.7. The maximum absolute atomic E-state index is 16.8. The summed E-state index contributed by atoms with van der Waals surface area (Å²) >= 11 is 0. The fraction of sp³-hybridized carbons (Fsp3) is 0.0185. The van der Waals surface area contributed by atoms with Crippen molar-refractivity contribution in [2.24, 2.45) is 0 Å². The van der Waals surface area contributed by atoms with E-state index in [1.54, 1.807) is 100 Å². The Morgan fingerprint density at radius 3 is 1.38 bits per heavy atom. The fourth-order valence-corrected chi connectivity index (χ4v) is 8.96. The van der Waals surface area contributed by atoms with Gasteiger partial charge < -0.3 is 9.13 Å². The molecule has 0 amide bonds. The van der Waals surface area contributed by atoms with Crippen LogP contribution in [-0.4, -0.2) is 9.13 Å². The van der Waals surface area contributed by atoms with Crippen molar-refractivity contribution in [1.29, 1.82) is 26.3 Å². The van der Waals surface area contributed by atoms with Gasteiger partial charge in [-0.15, -0.1) is 0 Å². The first-order valence-corrected chi connectivity index (χ1v) is 19.9. The highest BCUT2D eigenvalue weighted by Crippen LogP contribution is 2.48. The van der Waals surface area contributed by atoms with E-state index < -0.39 is 11.7 Å². The topological polar surface area (TPSA) is 129 Å². The second-order valence-electron chi connectivity index (χ2n) is 15.2. The van der Waals surface area contributed by atoms with Gasteiger partial charge in [-0.3, -0.25) is 0 Å². The summed E-state index contributed by atoms with van der Waals surface area (Å²) in [5.41, 5.74) is 4.74. The molecule has 2 aromatic heterocycles. The van der Waals surface area contributed by atoms with E-state index in [1.165, 1.54) is 18.2 Å². The van der Waals surface area contributed by atoms with Gasteiger partial charge in [0.15, 0.2) is 0 Å². The highest BCUT2D eigenvalue weighted by molar-refractivity contribution is 6.12. The van der Waals surface area contributed by atoms with E-state index in [0.717, 1.165) is 0 Å². The summed E-state index contributed by atoms with van der Waals surface area (Å²) in [4.78, 5) is 0. The molecule has 10 rings (SSSR count). The summed E-state index contributed by atoms with van der Waals surface area (Å²) in [6.45, 7) is 0. The summed E-state index contributed by atoms with van der Waals surface area (Å²) in [5.74, 6) is 0. The Balaban J connectivity index is 1.36. The number of fused-ring (bicyclic) bond motifs is 6. The van der Waals surface area contributed by atoms with Crippen LogP contribution in [0.1, 0.15) is 33.4 Å². The number of hydrogen-bond donors (Lipinski definition) is 0. The molecule has 0 N–H and O–H groups in total. The van der Waals surface area contributed by atoms with Crippen molar-refractivity contribution in [2.75, 3.05) is 0 Å². The van der Waals surface area contributed by atoms with E-state index >= 15 is 13.2 Å². The van der Waals surface area contributed by atoms with Crippen molar-refractivity contribution in [3.63, 3.8) is 0 Å². The molecule has 0 atom stereocenters. The second-order valence-corrected chi connectivity index (χ2v) is 15.2. The number of alkyl halides is 3. The maximum atomic E-state index is 16.8. The first kappa shape index (κ1) is 38.8. The smallest absolute Gasteiger partial charge is 0.309 e. The Labute approximate surface area is 363 Å². The molecule has 2 heterocycles. The van der Waals surface area contributed by atoms with Crippen molar-refractivity contribution >= 4 is 43.6 Å². The molecule has 0 bridgehead atoms. The second kappa shape index (κ2) is 14.9. The van der Waals surface area contributed by atoms with Crippen LogP contribution in [0, 0.1) is 56.7 Å². The molecule has 0 unspecified atom stereocenters. The molecule has 64 heavy (non-hydrogen) atoms. The number of rotatable bonds is 5. The quantitative estimate of drug-likeness (QED) is 0.171. The van der Waals surface area contributed by atoms with Gasteiger partial charge in [-0.1, -0.05) is 91.0 Å². The van der Waals surface area contributed by atoms with Gasteiger partial charge in [-0.25, -0.2) is 0 Å². The zero-order valence-electron chi connectivity index (χ0n) is 33.3. The van der Waals surface area contributed by atoms with Crippen LogP contribution in [0.3, 0.4) is 0 Å². The summed E-state index contributed by atoms with van der Waals surface area (Å²) in [6, 6.07) is 55.1. The predicted molar refractivity (Wildman–Crippen MR) is 240 cm³/mol. The minimum absolute atomic E-state index is 0.160. The molecule has 0 aliphatic carbocycles. The average molecular weight is 830 g/mol. The van der Waals surface area contributed by atoms with Crippen LogP contribution in [-0.2, 0) is 6.18 Å². The van der Waals surface area contributed by atoms with Crippen molar-refractivity contribution in [3.05, 3.63) is 191 Å². The van der Waals surface area contributed by atoms with E-state index in [1.807, 2.05) is 48.5 Å². The molecule has 8 aromatic carbocycles. The standard InChI is InChI=1S/C54H26F3N7/c55-54(56,57)52-49(63-47-10-3-1-8-43(47)45-18-14-36(25-50(45)63)40-16-12-33(28-59)23-38(40)30-61)21-20-42(35-7-5-6-32(22-35)27-58)53(52)64-48-11-4-2-9-44(48)46-19-15-37(26-51(46)64)41-17-13-34(29-60)24-39(41)31-62/h1-26H. The zero-order chi connectivity index (χ0) is 44.3. The van der Waals surface area contributed by atoms with Crippen molar-refractivity contribution in [3.8, 4) is 75.1 Å². The summed E-state index contributed by atoms with van der Waals surface area (Å²) < 4.78 is 53.5. The van der Waals surface area contributed by atoms with Crippen molar-refractivity contribution in [1.82, 2.24) is 9.13 Å². The molecule has 0 radical (unpaired) electrons. The van der Waals surface area contributed by atoms with Crippen molar-refractivity contribution in [2.45, 2.75) is 6.18 Å². The van der Waals surface area contributed by atoms with Gasteiger partial charge in [0.05, 0.1) is 91.6 Å². The van der Waals surface area contributed by atoms with E-state index in [0.29, 0.717) is 82.6 Å². The van der Waals surface area contributed by atoms with Gasteiger partial charge in [-0.05, 0) is 94.5 Å². The van der Waals surface area contributed by atoms with Crippen LogP contribution in [0.2, 0.25) is 0 Å². The number of aromatic nitrogens is 2. The van der Waals surface area contributed by atoms with E-state index in [2.05, 4.69) is 30.3 Å². The molecule has 0 aliphatic heterocycles. The van der Waals surface area contributed by atoms with Crippen LogP contribution < -0.4 is 0 Å². The molecule has 10 aromatic rings. The molecule has 0 aliphatic rings. The summed E-state index contributed by atoms with van der Waals surface area (Å²) in [5, 5.41) is 52.1. The lowest BCUT2D eigenvalue weighted by molar-refractivity contribution is -0.137. The van der Waals surface area contributed by atoms with E-state index in [-0.39, 0.29) is 33.6 Å². The lowest BCUT2D eigenvalue weighted by Crippen LogP contribution is -2.17.